The van der Waals surface area contributed by atoms with Gasteiger partial charge in [-0.1, -0.05) is 6.92 Å². The fourth-order valence-electron chi connectivity index (χ4n) is 2.09. The molecule has 15 heavy (non-hydrogen) atoms. The first kappa shape index (κ1) is 13.1. The molecule has 1 saturated carbocycles. The number of amides is 1. The highest BCUT2D eigenvalue weighted by Gasteiger charge is 2.43. The molecule has 0 aromatic heterocycles. The second-order valence-corrected chi connectivity index (χ2v) is 5.99. The summed E-state index contributed by atoms with van der Waals surface area (Å²) in [4.78, 5) is 14.0. The zero-order valence-corrected chi connectivity index (χ0v) is 10.7. The Balaban J connectivity index is 0.00000112. The molecule has 1 aliphatic heterocycles. The number of carbonyl (C=O) groups is 1. The van der Waals surface area contributed by atoms with E-state index in [2.05, 4.69) is 6.92 Å². The Bertz CT molecular complexity index is 246. The first-order valence-corrected chi connectivity index (χ1v) is 6.36. The summed E-state index contributed by atoms with van der Waals surface area (Å²) in [5.41, 5.74) is 5.53. The Labute approximate surface area is 102 Å². The largest absolute Gasteiger partial charge is 0.339 e. The molecule has 1 unspecified atom stereocenters. The van der Waals surface area contributed by atoms with Gasteiger partial charge in [0.15, 0.2) is 0 Å². The third-order valence-corrected chi connectivity index (χ3v) is 4.34. The van der Waals surface area contributed by atoms with Crippen molar-refractivity contribution in [2.75, 3.05) is 18.8 Å². The Hall–Kier alpha value is 0.0700. The van der Waals surface area contributed by atoms with E-state index < -0.39 is 5.54 Å². The van der Waals surface area contributed by atoms with Gasteiger partial charge in [-0.25, -0.2) is 0 Å². The van der Waals surface area contributed by atoms with Gasteiger partial charge in [-0.05, 0) is 19.3 Å². The molecule has 3 nitrogen and oxygen atoms in total. The van der Waals surface area contributed by atoms with Crippen molar-refractivity contribution in [3.63, 3.8) is 0 Å². The van der Waals surface area contributed by atoms with Crippen molar-refractivity contribution in [3.05, 3.63) is 0 Å². The van der Waals surface area contributed by atoms with E-state index in [4.69, 9.17) is 5.73 Å². The summed E-state index contributed by atoms with van der Waals surface area (Å²) in [6.45, 7) is 3.93. The van der Waals surface area contributed by atoms with Crippen LogP contribution in [0.1, 0.15) is 26.2 Å². The summed E-state index contributed by atoms with van der Waals surface area (Å²) >= 11 is 1.94. The third kappa shape index (κ3) is 2.60. The zero-order valence-electron chi connectivity index (χ0n) is 9.07. The van der Waals surface area contributed by atoms with Crippen molar-refractivity contribution >= 4 is 30.1 Å². The van der Waals surface area contributed by atoms with Crippen LogP contribution in [0.25, 0.3) is 0 Å². The molecule has 2 aliphatic rings. The number of hydrogen-bond donors (Lipinski definition) is 1. The number of thioether (sulfide) groups is 1. The lowest BCUT2D eigenvalue weighted by molar-refractivity contribution is -0.140. The van der Waals surface area contributed by atoms with Crippen molar-refractivity contribution in [2.45, 2.75) is 37.0 Å². The first-order valence-electron chi connectivity index (χ1n) is 5.32. The molecular weight excluding hydrogens is 232 g/mol. The van der Waals surface area contributed by atoms with E-state index in [-0.39, 0.29) is 18.3 Å². The lowest BCUT2D eigenvalue weighted by Gasteiger charge is -2.42. The third-order valence-electron chi connectivity index (χ3n) is 3.20. The number of halogens is 1. The lowest BCUT2D eigenvalue weighted by atomic mass is 9.76. The second-order valence-electron chi connectivity index (χ2n) is 4.44. The predicted molar refractivity (Wildman–Crippen MR) is 66.5 cm³/mol. The lowest BCUT2D eigenvalue weighted by Crippen LogP contribution is -2.61. The van der Waals surface area contributed by atoms with Crippen LogP contribution in [0.15, 0.2) is 0 Å². The summed E-state index contributed by atoms with van der Waals surface area (Å²) in [6, 6.07) is 0. The SMILES string of the molecule is CC1CN(C(=O)C2(N)CCC2)CCS1.Cl. The summed E-state index contributed by atoms with van der Waals surface area (Å²) in [7, 11) is 0. The molecule has 1 aliphatic carbocycles. The maximum atomic E-state index is 12.0. The molecule has 2 fully saturated rings. The number of hydrogen-bond acceptors (Lipinski definition) is 3. The van der Waals surface area contributed by atoms with Gasteiger partial charge in [-0.3, -0.25) is 4.79 Å². The number of rotatable bonds is 1. The molecule has 1 saturated heterocycles. The van der Waals surface area contributed by atoms with E-state index in [9.17, 15) is 4.79 Å². The fraction of sp³-hybridized carbons (Fsp3) is 0.900. The smallest absolute Gasteiger partial charge is 0.242 e. The van der Waals surface area contributed by atoms with Gasteiger partial charge in [0.25, 0.3) is 0 Å². The van der Waals surface area contributed by atoms with Gasteiger partial charge in [0, 0.05) is 24.1 Å². The second kappa shape index (κ2) is 4.93. The Morgan fingerprint density at radius 3 is 2.67 bits per heavy atom. The van der Waals surface area contributed by atoms with Gasteiger partial charge in [0.05, 0.1) is 5.54 Å². The van der Waals surface area contributed by atoms with Crippen molar-refractivity contribution in [2.24, 2.45) is 5.73 Å². The average molecular weight is 251 g/mol. The van der Waals surface area contributed by atoms with E-state index >= 15 is 0 Å². The molecular formula is C10H19ClN2OS. The maximum Gasteiger partial charge on any atom is 0.242 e. The van der Waals surface area contributed by atoms with Gasteiger partial charge in [0.1, 0.15) is 0 Å². The van der Waals surface area contributed by atoms with Gasteiger partial charge < -0.3 is 10.6 Å². The van der Waals surface area contributed by atoms with Gasteiger partial charge in [-0.2, -0.15) is 11.8 Å². The molecule has 0 aromatic rings. The minimum atomic E-state index is -0.498. The van der Waals surface area contributed by atoms with Gasteiger partial charge in [0.2, 0.25) is 5.91 Å². The highest BCUT2D eigenvalue weighted by atomic mass is 35.5. The molecule has 0 aromatic carbocycles. The Morgan fingerprint density at radius 1 is 1.53 bits per heavy atom. The number of nitrogens with two attached hydrogens (primary N) is 1. The minimum Gasteiger partial charge on any atom is -0.339 e. The number of carbonyl (C=O) groups excluding carboxylic acids is 1. The van der Waals surface area contributed by atoms with Crippen LogP contribution < -0.4 is 5.73 Å². The fourth-order valence-corrected chi connectivity index (χ4v) is 3.10. The van der Waals surface area contributed by atoms with E-state index in [1.54, 1.807) is 0 Å². The summed E-state index contributed by atoms with van der Waals surface area (Å²) in [5.74, 6) is 1.25. The molecule has 1 amide bonds. The van der Waals surface area contributed by atoms with Crippen LogP contribution in [0.2, 0.25) is 0 Å². The van der Waals surface area contributed by atoms with E-state index in [0.29, 0.717) is 5.25 Å². The van der Waals surface area contributed by atoms with Gasteiger partial charge in [-0.15, -0.1) is 12.4 Å². The molecule has 0 radical (unpaired) electrons. The number of nitrogens with zero attached hydrogens (tertiary/aromatic N) is 1. The van der Waals surface area contributed by atoms with Crippen LogP contribution in [-0.2, 0) is 4.79 Å². The van der Waals surface area contributed by atoms with Crippen LogP contribution in [0, 0.1) is 0 Å². The van der Waals surface area contributed by atoms with Crippen LogP contribution >= 0.6 is 24.2 Å². The zero-order chi connectivity index (χ0) is 10.2. The summed E-state index contributed by atoms with van der Waals surface area (Å²) in [5, 5.41) is 0.566. The van der Waals surface area contributed by atoms with E-state index in [0.717, 1.165) is 38.1 Å². The van der Waals surface area contributed by atoms with Crippen LogP contribution in [-0.4, -0.2) is 40.4 Å². The van der Waals surface area contributed by atoms with Crippen molar-refractivity contribution in [3.8, 4) is 0 Å². The van der Waals surface area contributed by atoms with Crippen LogP contribution in [0.4, 0.5) is 0 Å². The maximum absolute atomic E-state index is 12.0. The minimum absolute atomic E-state index is 0. The molecule has 5 heteroatoms. The predicted octanol–water partition coefficient (Wildman–Crippen LogP) is 1.25. The van der Waals surface area contributed by atoms with Crippen LogP contribution in [0.5, 0.6) is 0 Å². The summed E-state index contributed by atoms with van der Waals surface area (Å²) in [6.07, 6.45) is 2.87. The van der Waals surface area contributed by atoms with E-state index in [1.165, 1.54) is 0 Å². The quantitative estimate of drug-likeness (QED) is 0.762. The molecule has 88 valence electrons. The van der Waals surface area contributed by atoms with Crippen molar-refractivity contribution < 1.29 is 4.79 Å². The normalized spacial score (nSPS) is 28.9. The first-order chi connectivity index (χ1) is 6.62. The monoisotopic (exact) mass is 250 g/mol. The Morgan fingerprint density at radius 2 is 2.20 bits per heavy atom. The summed E-state index contributed by atoms with van der Waals surface area (Å²) < 4.78 is 0. The van der Waals surface area contributed by atoms with E-state index in [1.807, 2.05) is 16.7 Å². The van der Waals surface area contributed by atoms with Gasteiger partial charge >= 0.3 is 0 Å². The topological polar surface area (TPSA) is 46.3 Å². The molecule has 2 N–H and O–H groups in total. The van der Waals surface area contributed by atoms with Crippen molar-refractivity contribution in [1.82, 2.24) is 4.90 Å². The molecule has 0 bridgehead atoms. The molecule has 0 spiro atoms. The molecule has 2 rings (SSSR count). The Kier molecular flexibility index (Phi) is 4.32. The standard InChI is InChI=1S/C10H18N2OS.ClH/c1-8-7-12(5-6-14-8)9(13)10(11)3-2-4-10;/h8H,2-7,11H2,1H3;1H. The highest BCUT2D eigenvalue weighted by molar-refractivity contribution is 7.99. The molecule has 1 atom stereocenters. The van der Waals surface area contributed by atoms with Crippen molar-refractivity contribution in [1.29, 1.82) is 0 Å². The highest BCUT2D eigenvalue weighted by Crippen LogP contribution is 2.32. The van der Waals surface area contributed by atoms with Crippen LogP contribution in [0.3, 0.4) is 0 Å². The molecule has 1 heterocycles. The average Bonchev–Trinajstić information content (AvgIpc) is 2.13.